The van der Waals surface area contributed by atoms with Crippen LogP contribution in [0.2, 0.25) is 5.15 Å². The van der Waals surface area contributed by atoms with Crippen molar-refractivity contribution in [3.05, 3.63) is 16.0 Å². The van der Waals surface area contributed by atoms with Gasteiger partial charge in [0.05, 0.1) is 10.5 Å². The number of aromatic nitrogens is 2. The van der Waals surface area contributed by atoms with Crippen LogP contribution in [0.15, 0.2) is 10.8 Å². The molecule has 1 aromatic rings. The molecular weight excluding hydrogens is 279 g/mol. The molecule has 15 heavy (non-hydrogen) atoms. The van der Waals surface area contributed by atoms with Gasteiger partial charge in [-0.15, -0.1) is 0 Å². The Morgan fingerprint density at radius 3 is 3.00 bits per heavy atom. The van der Waals surface area contributed by atoms with Crippen LogP contribution < -0.4 is 5.32 Å². The van der Waals surface area contributed by atoms with Crippen molar-refractivity contribution in [1.82, 2.24) is 14.9 Å². The fraction of sp³-hybridized carbons (Fsp3) is 0.556. The lowest BCUT2D eigenvalue weighted by atomic mass is 10.1. The number of anilines is 1. The molecular formula is C9H12BrClN4. The lowest BCUT2D eigenvalue weighted by molar-refractivity contribution is 0.171. The van der Waals surface area contributed by atoms with E-state index in [-0.39, 0.29) is 0 Å². The summed E-state index contributed by atoms with van der Waals surface area (Å²) in [6, 6.07) is 0.465. The first kappa shape index (κ1) is 11.1. The van der Waals surface area contributed by atoms with Gasteiger partial charge in [0.15, 0.2) is 0 Å². The number of likely N-dealkylation sites (N-methyl/N-ethyl adjacent to an activating group) is 1. The van der Waals surface area contributed by atoms with Gasteiger partial charge in [-0.1, -0.05) is 18.5 Å². The lowest BCUT2D eigenvalue weighted by Crippen LogP contribution is -2.54. The van der Waals surface area contributed by atoms with Crippen molar-refractivity contribution in [3.63, 3.8) is 0 Å². The van der Waals surface area contributed by atoms with E-state index in [0.29, 0.717) is 11.2 Å². The minimum atomic E-state index is 0.444. The Bertz CT molecular complexity index is 354. The van der Waals surface area contributed by atoms with E-state index in [4.69, 9.17) is 11.6 Å². The Morgan fingerprint density at radius 2 is 2.33 bits per heavy atom. The maximum absolute atomic E-state index is 5.87. The van der Waals surface area contributed by atoms with Crippen molar-refractivity contribution in [2.24, 2.45) is 0 Å². The Kier molecular flexibility index (Phi) is 3.43. The second kappa shape index (κ2) is 4.63. The molecule has 1 aliphatic rings. The van der Waals surface area contributed by atoms with Crippen LogP contribution in [0.4, 0.5) is 5.82 Å². The first-order valence-electron chi connectivity index (χ1n) is 4.85. The smallest absolute Gasteiger partial charge is 0.148 e. The largest absolute Gasteiger partial charge is 0.364 e. The average molecular weight is 292 g/mol. The molecule has 0 bridgehead atoms. The second-order valence-corrected chi connectivity index (χ2v) is 4.67. The highest BCUT2D eigenvalue weighted by Crippen LogP contribution is 2.27. The topological polar surface area (TPSA) is 41.0 Å². The van der Waals surface area contributed by atoms with Crippen molar-refractivity contribution < 1.29 is 0 Å². The summed E-state index contributed by atoms with van der Waals surface area (Å²) in [4.78, 5) is 10.4. The highest BCUT2D eigenvalue weighted by Gasteiger charge is 2.25. The van der Waals surface area contributed by atoms with Crippen molar-refractivity contribution >= 4 is 33.3 Å². The zero-order chi connectivity index (χ0) is 10.8. The maximum atomic E-state index is 5.87. The van der Waals surface area contributed by atoms with Gasteiger partial charge in [0.2, 0.25) is 0 Å². The number of hydrogen-bond acceptors (Lipinski definition) is 4. The van der Waals surface area contributed by atoms with E-state index in [1.807, 2.05) is 0 Å². The highest BCUT2D eigenvalue weighted by molar-refractivity contribution is 9.10. The molecule has 1 fully saturated rings. The van der Waals surface area contributed by atoms with Crippen LogP contribution in [0, 0.1) is 0 Å². The first-order valence-corrected chi connectivity index (χ1v) is 6.02. The fourth-order valence-corrected chi connectivity index (χ4v) is 2.01. The summed E-state index contributed by atoms with van der Waals surface area (Å²) in [5.41, 5.74) is 0. The molecule has 0 unspecified atom stereocenters. The van der Waals surface area contributed by atoms with Crippen molar-refractivity contribution in [3.8, 4) is 0 Å². The molecule has 0 aliphatic carbocycles. The van der Waals surface area contributed by atoms with Gasteiger partial charge in [0, 0.05) is 13.1 Å². The number of halogens is 2. The molecule has 0 spiro atoms. The van der Waals surface area contributed by atoms with Gasteiger partial charge in [-0.2, -0.15) is 0 Å². The molecule has 2 rings (SSSR count). The van der Waals surface area contributed by atoms with Crippen LogP contribution in [0.1, 0.15) is 6.92 Å². The Morgan fingerprint density at radius 1 is 1.60 bits per heavy atom. The quantitative estimate of drug-likeness (QED) is 0.865. The van der Waals surface area contributed by atoms with E-state index < -0.39 is 0 Å². The summed E-state index contributed by atoms with van der Waals surface area (Å²) in [5.74, 6) is 0.774. The Hall–Kier alpha value is -0.390. The summed E-state index contributed by atoms with van der Waals surface area (Å²) in [7, 11) is 0. The van der Waals surface area contributed by atoms with Crippen LogP contribution in [0.5, 0.6) is 0 Å². The minimum Gasteiger partial charge on any atom is -0.364 e. The van der Waals surface area contributed by atoms with Gasteiger partial charge in [-0.3, -0.25) is 4.90 Å². The molecule has 2 heterocycles. The van der Waals surface area contributed by atoms with Gasteiger partial charge < -0.3 is 5.32 Å². The molecule has 0 radical (unpaired) electrons. The number of nitrogens with zero attached hydrogens (tertiary/aromatic N) is 3. The Balaban J connectivity index is 1.97. The van der Waals surface area contributed by atoms with Crippen LogP contribution in [-0.4, -0.2) is 40.5 Å². The molecule has 82 valence electrons. The summed E-state index contributed by atoms with van der Waals surface area (Å²) < 4.78 is 0.738. The third kappa shape index (κ3) is 2.41. The summed E-state index contributed by atoms with van der Waals surface area (Å²) >= 11 is 9.23. The molecule has 1 saturated heterocycles. The van der Waals surface area contributed by atoms with Gasteiger partial charge in [0.1, 0.15) is 17.3 Å². The standard InChI is InChI=1S/C9H12BrClN4/c1-2-15-3-6(4-15)14-9-7(10)8(11)12-5-13-9/h5-6H,2-4H2,1H3,(H,12,13,14). The predicted octanol–water partition coefficient (Wildman–Crippen LogP) is 2.01. The molecule has 1 aliphatic heterocycles. The van der Waals surface area contributed by atoms with Crippen LogP contribution in [0.25, 0.3) is 0 Å². The summed E-state index contributed by atoms with van der Waals surface area (Å²) in [5, 5.41) is 3.77. The van der Waals surface area contributed by atoms with E-state index in [1.165, 1.54) is 6.33 Å². The number of likely N-dealkylation sites (tertiary alicyclic amines) is 1. The zero-order valence-corrected chi connectivity index (χ0v) is 10.7. The summed E-state index contributed by atoms with van der Waals surface area (Å²) in [6.45, 7) is 5.38. The normalized spacial score (nSPS) is 17.5. The van der Waals surface area contributed by atoms with Crippen molar-refractivity contribution in [1.29, 1.82) is 0 Å². The van der Waals surface area contributed by atoms with Crippen LogP contribution in [0.3, 0.4) is 0 Å². The van der Waals surface area contributed by atoms with Crippen LogP contribution in [-0.2, 0) is 0 Å². The Labute approximate surface area is 102 Å². The van der Waals surface area contributed by atoms with Gasteiger partial charge in [-0.05, 0) is 22.5 Å². The third-order valence-electron chi connectivity index (χ3n) is 2.49. The zero-order valence-electron chi connectivity index (χ0n) is 8.37. The maximum Gasteiger partial charge on any atom is 0.148 e. The van der Waals surface area contributed by atoms with Crippen molar-refractivity contribution in [2.75, 3.05) is 25.0 Å². The van der Waals surface area contributed by atoms with E-state index in [0.717, 1.165) is 29.9 Å². The number of rotatable bonds is 3. The monoisotopic (exact) mass is 290 g/mol. The van der Waals surface area contributed by atoms with Crippen LogP contribution >= 0.6 is 27.5 Å². The molecule has 1 aromatic heterocycles. The molecule has 0 atom stereocenters. The van der Waals surface area contributed by atoms with E-state index in [9.17, 15) is 0 Å². The number of nitrogens with one attached hydrogen (secondary N) is 1. The fourth-order valence-electron chi connectivity index (χ4n) is 1.56. The molecule has 1 N–H and O–H groups in total. The lowest BCUT2D eigenvalue weighted by Gasteiger charge is -2.39. The van der Waals surface area contributed by atoms with E-state index in [1.54, 1.807) is 0 Å². The van der Waals surface area contributed by atoms with Gasteiger partial charge in [-0.25, -0.2) is 9.97 Å². The predicted molar refractivity (Wildman–Crippen MR) is 64.3 cm³/mol. The molecule has 6 heteroatoms. The highest BCUT2D eigenvalue weighted by atomic mass is 79.9. The van der Waals surface area contributed by atoms with Crippen molar-refractivity contribution in [2.45, 2.75) is 13.0 Å². The SMILES string of the molecule is CCN1CC(Nc2ncnc(Cl)c2Br)C1. The third-order valence-corrected chi connectivity index (χ3v) is 3.76. The molecule has 4 nitrogen and oxygen atoms in total. The number of hydrogen-bond donors (Lipinski definition) is 1. The molecule has 0 aromatic carbocycles. The van der Waals surface area contributed by atoms with Gasteiger partial charge >= 0.3 is 0 Å². The second-order valence-electron chi connectivity index (χ2n) is 3.52. The van der Waals surface area contributed by atoms with E-state index in [2.05, 4.69) is 43.0 Å². The molecule has 0 amide bonds. The average Bonchev–Trinajstić information content (AvgIpc) is 2.17. The van der Waals surface area contributed by atoms with E-state index >= 15 is 0 Å². The minimum absolute atomic E-state index is 0.444. The van der Waals surface area contributed by atoms with Gasteiger partial charge in [0.25, 0.3) is 0 Å². The summed E-state index contributed by atoms with van der Waals surface area (Å²) in [6.07, 6.45) is 1.46. The molecule has 0 saturated carbocycles. The first-order chi connectivity index (χ1) is 7.20.